The second kappa shape index (κ2) is 5.71. The molecule has 6 nitrogen and oxygen atoms in total. The van der Waals surface area contributed by atoms with Crippen LogP contribution < -0.4 is 15.0 Å². The molecule has 0 spiro atoms. The Bertz CT molecular complexity index is 501. The highest BCUT2D eigenvalue weighted by Crippen LogP contribution is 2.33. The van der Waals surface area contributed by atoms with Gasteiger partial charge in [-0.3, -0.25) is 9.59 Å². The normalized spacial score (nSPS) is 13.8. The lowest BCUT2D eigenvalue weighted by Crippen LogP contribution is -2.35. The average Bonchev–Trinajstić information content (AvgIpc) is 2.41. The van der Waals surface area contributed by atoms with Crippen LogP contribution in [0.2, 0.25) is 0 Å². The monoisotopic (exact) mass is 264 g/mol. The largest absolute Gasteiger partial charge is 0.482 e. The topological polar surface area (TPSA) is 78.9 Å². The van der Waals surface area contributed by atoms with E-state index in [4.69, 9.17) is 9.84 Å². The fourth-order valence-corrected chi connectivity index (χ4v) is 1.81. The van der Waals surface area contributed by atoms with Crippen LogP contribution >= 0.6 is 0 Å². The van der Waals surface area contributed by atoms with Crippen molar-refractivity contribution in [1.29, 1.82) is 0 Å². The minimum Gasteiger partial charge on any atom is -0.482 e. The van der Waals surface area contributed by atoms with Crippen LogP contribution in [0.3, 0.4) is 0 Å². The van der Waals surface area contributed by atoms with Crippen LogP contribution in [-0.4, -0.2) is 37.2 Å². The Morgan fingerprint density at radius 3 is 3.05 bits per heavy atom. The molecule has 0 bridgehead atoms. The van der Waals surface area contributed by atoms with E-state index < -0.39 is 0 Å². The number of rotatable bonds is 4. The number of hydrogen-bond acceptors (Lipinski definition) is 4. The fraction of sp³-hybridized carbons (Fsp3) is 0.385. The molecule has 0 saturated carbocycles. The zero-order valence-corrected chi connectivity index (χ0v) is 10.7. The van der Waals surface area contributed by atoms with Crippen molar-refractivity contribution in [2.24, 2.45) is 0 Å². The molecule has 6 heteroatoms. The molecule has 1 aromatic carbocycles. The van der Waals surface area contributed by atoms with E-state index in [9.17, 15) is 9.59 Å². The van der Waals surface area contributed by atoms with Crippen molar-refractivity contribution in [2.75, 3.05) is 30.5 Å². The van der Waals surface area contributed by atoms with Gasteiger partial charge >= 0.3 is 0 Å². The van der Waals surface area contributed by atoms with Gasteiger partial charge in [0.25, 0.3) is 5.91 Å². The summed E-state index contributed by atoms with van der Waals surface area (Å²) < 4.78 is 5.29. The predicted octanol–water partition coefficient (Wildman–Crippen LogP) is 0.753. The molecule has 102 valence electrons. The molecule has 0 unspecified atom stereocenters. The maximum absolute atomic E-state index is 11.6. The molecule has 19 heavy (non-hydrogen) atoms. The molecule has 0 radical (unpaired) electrons. The number of amides is 2. The Morgan fingerprint density at radius 1 is 1.53 bits per heavy atom. The van der Waals surface area contributed by atoms with Gasteiger partial charge in [0, 0.05) is 25.8 Å². The van der Waals surface area contributed by atoms with Gasteiger partial charge in [-0.2, -0.15) is 0 Å². The molecule has 1 heterocycles. The Labute approximate surface area is 111 Å². The van der Waals surface area contributed by atoms with Crippen molar-refractivity contribution in [1.82, 2.24) is 0 Å². The van der Waals surface area contributed by atoms with Crippen molar-refractivity contribution in [3.63, 3.8) is 0 Å². The third-order valence-electron chi connectivity index (χ3n) is 2.89. The molecule has 0 saturated heterocycles. The van der Waals surface area contributed by atoms with Crippen LogP contribution in [0.5, 0.6) is 5.75 Å². The van der Waals surface area contributed by atoms with Gasteiger partial charge in [0.1, 0.15) is 5.75 Å². The Morgan fingerprint density at radius 2 is 2.32 bits per heavy atom. The van der Waals surface area contributed by atoms with E-state index in [2.05, 4.69) is 5.32 Å². The highest BCUT2D eigenvalue weighted by molar-refractivity contribution is 5.99. The standard InChI is InChI=1S/C13H16N2O4/c1-15-10-7-9(14-12(17)3-2-6-16)4-5-11(10)19-8-13(15)18/h4-5,7,16H,2-3,6,8H2,1H3,(H,14,17). The van der Waals surface area contributed by atoms with E-state index >= 15 is 0 Å². The number of benzene rings is 1. The summed E-state index contributed by atoms with van der Waals surface area (Å²) in [5.41, 5.74) is 1.24. The first kappa shape index (κ1) is 13.4. The van der Waals surface area contributed by atoms with Gasteiger partial charge in [-0.25, -0.2) is 0 Å². The Kier molecular flexibility index (Phi) is 4.01. The van der Waals surface area contributed by atoms with Gasteiger partial charge in [-0.1, -0.05) is 0 Å². The summed E-state index contributed by atoms with van der Waals surface area (Å²) in [5.74, 6) is 0.325. The van der Waals surface area contributed by atoms with E-state index in [0.29, 0.717) is 23.5 Å². The molecular formula is C13H16N2O4. The molecule has 0 atom stereocenters. The number of fused-ring (bicyclic) bond motifs is 1. The summed E-state index contributed by atoms with van der Waals surface area (Å²) in [6.45, 7) is 0.0222. The van der Waals surface area contributed by atoms with Crippen LogP contribution in [0.15, 0.2) is 18.2 Å². The number of nitrogens with one attached hydrogen (secondary N) is 1. The van der Waals surface area contributed by atoms with Crippen molar-refractivity contribution in [2.45, 2.75) is 12.8 Å². The molecule has 1 aromatic rings. The molecule has 0 aliphatic carbocycles. The number of ether oxygens (including phenoxy) is 1. The molecule has 2 rings (SSSR count). The fourth-order valence-electron chi connectivity index (χ4n) is 1.81. The van der Waals surface area contributed by atoms with Crippen LogP contribution in [0, 0.1) is 0 Å². The third kappa shape index (κ3) is 3.03. The Hall–Kier alpha value is -2.08. The first-order valence-corrected chi connectivity index (χ1v) is 6.06. The smallest absolute Gasteiger partial charge is 0.264 e. The number of carbonyl (C=O) groups excluding carboxylic acids is 2. The van der Waals surface area contributed by atoms with Crippen molar-refractivity contribution in [3.8, 4) is 5.75 Å². The molecular weight excluding hydrogens is 248 g/mol. The van der Waals surface area contributed by atoms with Gasteiger partial charge in [-0.15, -0.1) is 0 Å². The van der Waals surface area contributed by atoms with Crippen molar-refractivity contribution >= 4 is 23.2 Å². The SMILES string of the molecule is CN1C(=O)COc2ccc(NC(=O)CCCO)cc21. The van der Waals surface area contributed by atoms with Crippen LogP contribution in [0.4, 0.5) is 11.4 Å². The quantitative estimate of drug-likeness (QED) is 0.841. The van der Waals surface area contributed by atoms with Crippen LogP contribution in [0.1, 0.15) is 12.8 Å². The molecule has 1 aliphatic heterocycles. The molecule has 0 fully saturated rings. The predicted molar refractivity (Wildman–Crippen MR) is 70.3 cm³/mol. The van der Waals surface area contributed by atoms with Gasteiger partial charge in [0.05, 0.1) is 5.69 Å². The van der Waals surface area contributed by atoms with Crippen LogP contribution in [0.25, 0.3) is 0 Å². The summed E-state index contributed by atoms with van der Waals surface area (Å²) in [5, 5.41) is 11.4. The first-order valence-electron chi connectivity index (χ1n) is 6.06. The van der Waals surface area contributed by atoms with E-state index in [1.807, 2.05) is 0 Å². The van der Waals surface area contributed by atoms with Gasteiger partial charge in [0.15, 0.2) is 6.61 Å². The number of carbonyl (C=O) groups is 2. The zero-order chi connectivity index (χ0) is 13.8. The highest BCUT2D eigenvalue weighted by Gasteiger charge is 2.22. The van der Waals surface area contributed by atoms with E-state index in [1.165, 1.54) is 4.90 Å². The number of likely N-dealkylation sites (N-methyl/N-ethyl adjacent to an activating group) is 1. The minimum atomic E-state index is -0.167. The third-order valence-corrected chi connectivity index (χ3v) is 2.89. The Balaban J connectivity index is 2.12. The molecule has 2 amide bonds. The second-order valence-corrected chi connectivity index (χ2v) is 4.30. The van der Waals surface area contributed by atoms with E-state index in [0.717, 1.165) is 0 Å². The summed E-state index contributed by atoms with van der Waals surface area (Å²) in [6, 6.07) is 5.14. The average molecular weight is 264 g/mol. The number of anilines is 2. The summed E-state index contributed by atoms with van der Waals surface area (Å²) >= 11 is 0. The molecule has 2 N–H and O–H groups in total. The zero-order valence-electron chi connectivity index (χ0n) is 10.7. The number of hydrogen-bond donors (Lipinski definition) is 2. The first-order chi connectivity index (χ1) is 9.11. The maximum atomic E-state index is 11.6. The number of nitrogens with zero attached hydrogens (tertiary/aromatic N) is 1. The maximum Gasteiger partial charge on any atom is 0.264 e. The van der Waals surface area contributed by atoms with Crippen molar-refractivity contribution in [3.05, 3.63) is 18.2 Å². The second-order valence-electron chi connectivity index (χ2n) is 4.30. The molecule has 0 aromatic heterocycles. The van der Waals surface area contributed by atoms with Gasteiger partial charge in [-0.05, 0) is 24.6 Å². The highest BCUT2D eigenvalue weighted by atomic mass is 16.5. The summed E-state index contributed by atoms with van der Waals surface area (Å²) in [4.78, 5) is 24.6. The molecule has 1 aliphatic rings. The summed E-state index contributed by atoms with van der Waals surface area (Å²) in [6.07, 6.45) is 0.692. The van der Waals surface area contributed by atoms with Crippen molar-refractivity contribution < 1.29 is 19.4 Å². The van der Waals surface area contributed by atoms with Gasteiger partial charge in [0.2, 0.25) is 5.91 Å². The minimum absolute atomic E-state index is 0.0112. The number of aliphatic hydroxyl groups is 1. The lowest BCUT2D eigenvalue weighted by molar-refractivity contribution is -0.121. The lowest BCUT2D eigenvalue weighted by Gasteiger charge is -2.26. The van der Waals surface area contributed by atoms with Crippen LogP contribution in [-0.2, 0) is 9.59 Å². The van der Waals surface area contributed by atoms with E-state index in [1.54, 1.807) is 25.2 Å². The number of aliphatic hydroxyl groups excluding tert-OH is 1. The lowest BCUT2D eigenvalue weighted by atomic mass is 10.2. The van der Waals surface area contributed by atoms with E-state index in [-0.39, 0.29) is 31.4 Å². The van der Waals surface area contributed by atoms with Gasteiger partial charge < -0.3 is 20.1 Å². The summed E-state index contributed by atoms with van der Waals surface area (Å²) in [7, 11) is 1.67.